The minimum atomic E-state index is -0.370. The second-order valence-electron chi connectivity index (χ2n) is 6.57. The maximum atomic E-state index is 12.7. The minimum absolute atomic E-state index is 0.137. The number of hydrogen-bond acceptors (Lipinski definition) is 5. The van der Waals surface area contributed by atoms with E-state index in [1.807, 2.05) is 26.8 Å². The van der Waals surface area contributed by atoms with Crippen LogP contribution in [0.2, 0.25) is 0 Å². The molecular formula is C17H24N4O2. The minimum Gasteiger partial charge on any atom is -0.350 e. The van der Waals surface area contributed by atoms with Gasteiger partial charge in [0.25, 0.3) is 11.6 Å². The van der Waals surface area contributed by atoms with Gasteiger partial charge in [-0.05, 0) is 38.7 Å². The first kappa shape index (κ1) is 15.9. The number of rotatable bonds is 6. The zero-order chi connectivity index (χ0) is 16.6. The topological polar surface area (TPSA) is 94.0 Å². The van der Waals surface area contributed by atoms with E-state index >= 15 is 0 Å². The van der Waals surface area contributed by atoms with Crippen LogP contribution in [0.5, 0.6) is 0 Å². The third-order valence-corrected chi connectivity index (χ3v) is 4.89. The summed E-state index contributed by atoms with van der Waals surface area (Å²) in [5.41, 5.74) is 8.55. The van der Waals surface area contributed by atoms with E-state index in [0.717, 1.165) is 31.4 Å². The van der Waals surface area contributed by atoms with Crippen LogP contribution in [0.3, 0.4) is 0 Å². The summed E-state index contributed by atoms with van der Waals surface area (Å²) in [5.74, 6) is 0.304. The lowest BCUT2D eigenvalue weighted by molar-refractivity contribution is 0.0943. The van der Waals surface area contributed by atoms with Gasteiger partial charge in [0.15, 0.2) is 0 Å². The number of carbonyl (C=O) groups excluding carboxylic acids is 1. The van der Waals surface area contributed by atoms with Crippen LogP contribution in [-0.2, 0) is 0 Å². The van der Waals surface area contributed by atoms with Crippen molar-refractivity contribution in [2.45, 2.75) is 57.9 Å². The smallest absolute Gasteiger partial charge is 0.259 e. The number of aromatic nitrogens is 2. The van der Waals surface area contributed by atoms with Crippen LogP contribution < -0.4 is 11.1 Å². The van der Waals surface area contributed by atoms with Gasteiger partial charge in [0, 0.05) is 23.7 Å². The Bertz CT molecular complexity index is 730. The fourth-order valence-corrected chi connectivity index (χ4v) is 2.73. The predicted octanol–water partition coefficient (Wildman–Crippen LogP) is 2.66. The average molecular weight is 316 g/mol. The molecule has 2 aromatic heterocycles. The van der Waals surface area contributed by atoms with Crippen LogP contribution in [0.15, 0.2) is 10.6 Å². The number of nitrogens with one attached hydrogen (secondary N) is 1. The number of carbonyl (C=O) groups is 1. The van der Waals surface area contributed by atoms with Crippen molar-refractivity contribution < 1.29 is 9.32 Å². The highest BCUT2D eigenvalue weighted by Crippen LogP contribution is 2.40. The fourth-order valence-electron chi connectivity index (χ4n) is 2.73. The third kappa shape index (κ3) is 3.08. The number of amides is 1. The van der Waals surface area contributed by atoms with Crippen molar-refractivity contribution >= 4 is 17.0 Å². The molecule has 0 unspecified atom stereocenters. The van der Waals surface area contributed by atoms with E-state index in [0.29, 0.717) is 34.8 Å². The molecule has 0 spiro atoms. The molecule has 2 heterocycles. The Morgan fingerprint density at radius 1 is 1.43 bits per heavy atom. The molecule has 0 saturated heterocycles. The lowest BCUT2D eigenvalue weighted by Gasteiger charge is -2.26. The van der Waals surface area contributed by atoms with Crippen LogP contribution >= 0.6 is 0 Å². The number of pyridine rings is 1. The van der Waals surface area contributed by atoms with Crippen molar-refractivity contribution in [1.82, 2.24) is 15.5 Å². The summed E-state index contributed by atoms with van der Waals surface area (Å²) >= 11 is 0. The lowest BCUT2D eigenvalue weighted by Crippen LogP contribution is -2.49. The Labute approximate surface area is 135 Å². The molecule has 1 aliphatic carbocycles. The van der Waals surface area contributed by atoms with E-state index in [1.54, 1.807) is 0 Å². The molecule has 6 nitrogen and oxygen atoms in total. The van der Waals surface area contributed by atoms with Gasteiger partial charge in [-0.2, -0.15) is 0 Å². The standard InChI is InChI=1S/C17H24N4O2/c1-4-17(18,5-2)9-19-15(22)12-8-13(11-6-7-11)20-16-14(12)10(3)21-23-16/h8,11H,4-7,9,18H2,1-3H3,(H,19,22). The molecule has 23 heavy (non-hydrogen) atoms. The second kappa shape index (κ2) is 5.92. The number of fused-ring (bicyclic) bond motifs is 1. The van der Waals surface area contributed by atoms with Gasteiger partial charge in [-0.15, -0.1) is 0 Å². The Morgan fingerprint density at radius 2 is 2.13 bits per heavy atom. The predicted molar refractivity (Wildman–Crippen MR) is 88.3 cm³/mol. The highest BCUT2D eigenvalue weighted by atomic mass is 16.5. The van der Waals surface area contributed by atoms with E-state index in [2.05, 4.69) is 15.5 Å². The first-order valence-corrected chi connectivity index (χ1v) is 8.31. The fraction of sp³-hybridized carbons (Fsp3) is 0.588. The van der Waals surface area contributed by atoms with E-state index in [4.69, 9.17) is 10.3 Å². The molecule has 3 N–H and O–H groups in total. The third-order valence-electron chi connectivity index (χ3n) is 4.89. The molecule has 2 aromatic rings. The molecule has 3 rings (SSSR count). The molecule has 0 aliphatic heterocycles. The molecule has 0 aromatic carbocycles. The molecule has 1 saturated carbocycles. The summed E-state index contributed by atoms with van der Waals surface area (Å²) in [6.45, 7) is 6.35. The van der Waals surface area contributed by atoms with Gasteiger partial charge in [-0.25, -0.2) is 4.98 Å². The molecule has 0 atom stereocenters. The summed E-state index contributed by atoms with van der Waals surface area (Å²) in [6, 6.07) is 1.88. The molecule has 0 radical (unpaired) electrons. The van der Waals surface area contributed by atoms with Gasteiger partial charge < -0.3 is 15.6 Å². The first-order valence-electron chi connectivity index (χ1n) is 8.31. The Balaban J connectivity index is 1.91. The monoisotopic (exact) mass is 316 g/mol. The van der Waals surface area contributed by atoms with Gasteiger partial charge in [-0.3, -0.25) is 4.79 Å². The summed E-state index contributed by atoms with van der Waals surface area (Å²) in [7, 11) is 0. The van der Waals surface area contributed by atoms with Gasteiger partial charge >= 0.3 is 0 Å². The van der Waals surface area contributed by atoms with E-state index in [9.17, 15) is 4.79 Å². The van der Waals surface area contributed by atoms with Crippen LogP contribution in [0.4, 0.5) is 0 Å². The summed E-state index contributed by atoms with van der Waals surface area (Å²) in [5, 5.41) is 7.63. The molecule has 1 aliphatic rings. The molecule has 1 fully saturated rings. The lowest BCUT2D eigenvalue weighted by atomic mass is 9.94. The van der Waals surface area contributed by atoms with Crippen molar-refractivity contribution in [3.8, 4) is 0 Å². The van der Waals surface area contributed by atoms with E-state index in [1.165, 1.54) is 0 Å². The Hall–Kier alpha value is -1.95. The van der Waals surface area contributed by atoms with Crippen molar-refractivity contribution in [3.05, 3.63) is 23.0 Å². The van der Waals surface area contributed by atoms with Gasteiger partial charge in [-0.1, -0.05) is 19.0 Å². The number of aryl methyl sites for hydroxylation is 1. The average Bonchev–Trinajstić information content (AvgIpc) is 3.35. The zero-order valence-corrected chi connectivity index (χ0v) is 14.0. The summed E-state index contributed by atoms with van der Waals surface area (Å²) < 4.78 is 5.28. The maximum Gasteiger partial charge on any atom is 0.259 e. The molecule has 0 bridgehead atoms. The van der Waals surface area contributed by atoms with Crippen molar-refractivity contribution in [2.24, 2.45) is 5.73 Å². The van der Waals surface area contributed by atoms with Crippen LogP contribution in [0, 0.1) is 6.92 Å². The van der Waals surface area contributed by atoms with E-state index < -0.39 is 0 Å². The number of nitrogens with zero attached hydrogens (tertiary/aromatic N) is 2. The second-order valence-corrected chi connectivity index (χ2v) is 6.57. The molecular weight excluding hydrogens is 292 g/mol. The SMILES string of the molecule is CCC(N)(CC)CNC(=O)c1cc(C2CC2)nc2onc(C)c12. The molecule has 6 heteroatoms. The normalized spacial score (nSPS) is 15.1. The molecule has 1 amide bonds. The zero-order valence-electron chi connectivity index (χ0n) is 14.0. The van der Waals surface area contributed by atoms with Crippen molar-refractivity contribution in [3.63, 3.8) is 0 Å². The van der Waals surface area contributed by atoms with Gasteiger partial charge in [0.05, 0.1) is 16.6 Å². The van der Waals surface area contributed by atoms with Crippen LogP contribution in [0.1, 0.15) is 67.2 Å². The van der Waals surface area contributed by atoms with Crippen molar-refractivity contribution in [1.29, 1.82) is 0 Å². The first-order chi connectivity index (χ1) is 11.0. The summed E-state index contributed by atoms with van der Waals surface area (Å²) in [4.78, 5) is 17.2. The highest BCUT2D eigenvalue weighted by molar-refractivity contribution is 6.06. The molecule has 124 valence electrons. The van der Waals surface area contributed by atoms with E-state index in [-0.39, 0.29) is 11.4 Å². The van der Waals surface area contributed by atoms with Crippen LogP contribution in [0.25, 0.3) is 11.1 Å². The van der Waals surface area contributed by atoms with Gasteiger partial charge in [0.2, 0.25) is 0 Å². The highest BCUT2D eigenvalue weighted by Gasteiger charge is 2.29. The van der Waals surface area contributed by atoms with Gasteiger partial charge in [0.1, 0.15) is 0 Å². The number of hydrogen-bond donors (Lipinski definition) is 2. The van der Waals surface area contributed by atoms with Crippen molar-refractivity contribution in [2.75, 3.05) is 6.54 Å². The Kier molecular flexibility index (Phi) is 4.10. The quantitative estimate of drug-likeness (QED) is 0.854. The maximum absolute atomic E-state index is 12.7. The number of nitrogens with two attached hydrogens (primary N) is 1. The van der Waals surface area contributed by atoms with Crippen LogP contribution in [-0.4, -0.2) is 28.1 Å². The largest absolute Gasteiger partial charge is 0.350 e. The Morgan fingerprint density at radius 3 is 2.74 bits per heavy atom. The summed E-state index contributed by atoms with van der Waals surface area (Å²) in [6.07, 6.45) is 3.86.